The molecule has 10 heteroatoms. The second kappa shape index (κ2) is 10.7. The highest BCUT2D eigenvalue weighted by Gasteiger charge is 2.25. The smallest absolute Gasteiger partial charge is 0.407 e. The highest BCUT2D eigenvalue weighted by molar-refractivity contribution is 6.31. The Bertz CT molecular complexity index is 1170. The number of carbonyl (C=O) groups is 1. The van der Waals surface area contributed by atoms with Gasteiger partial charge in [0, 0.05) is 23.2 Å². The zero-order valence-corrected chi connectivity index (χ0v) is 19.7. The quantitative estimate of drug-likeness (QED) is 0.446. The van der Waals surface area contributed by atoms with E-state index in [4.69, 9.17) is 25.8 Å². The summed E-state index contributed by atoms with van der Waals surface area (Å²) in [4.78, 5) is 20.3. The van der Waals surface area contributed by atoms with Crippen molar-refractivity contribution < 1.29 is 23.4 Å². The average molecular weight is 489 g/mol. The van der Waals surface area contributed by atoms with E-state index in [-0.39, 0.29) is 23.3 Å². The number of alkyl carbamates (subject to hydrolysis) is 1. The van der Waals surface area contributed by atoms with E-state index in [0.717, 1.165) is 31.1 Å². The van der Waals surface area contributed by atoms with Crippen LogP contribution >= 0.6 is 11.6 Å². The third-order valence-corrected chi connectivity index (χ3v) is 5.96. The Labute approximate surface area is 201 Å². The van der Waals surface area contributed by atoms with Gasteiger partial charge in [0.05, 0.1) is 30.4 Å². The van der Waals surface area contributed by atoms with Gasteiger partial charge in [-0.15, -0.1) is 0 Å². The fourth-order valence-corrected chi connectivity index (χ4v) is 4.15. The largest absolute Gasteiger partial charge is 0.493 e. The number of aromatic nitrogens is 2. The van der Waals surface area contributed by atoms with Gasteiger partial charge in [-0.3, -0.25) is 0 Å². The zero-order valence-electron chi connectivity index (χ0n) is 18.9. The molecule has 1 amide bonds. The number of halogens is 2. The molecule has 1 heterocycles. The van der Waals surface area contributed by atoms with E-state index in [1.165, 1.54) is 18.5 Å². The lowest BCUT2D eigenvalue weighted by Gasteiger charge is -2.29. The predicted octanol–water partition coefficient (Wildman–Crippen LogP) is 5.61. The number of anilines is 2. The first-order chi connectivity index (χ1) is 16.5. The third kappa shape index (κ3) is 5.59. The van der Waals surface area contributed by atoms with E-state index in [1.807, 2.05) is 6.07 Å². The van der Waals surface area contributed by atoms with Gasteiger partial charge in [0.15, 0.2) is 11.5 Å². The molecule has 1 aromatic heterocycles. The minimum absolute atomic E-state index is 0.0158. The van der Waals surface area contributed by atoms with Crippen LogP contribution in [0.15, 0.2) is 36.7 Å². The number of rotatable bonds is 7. The van der Waals surface area contributed by atoms with Gasteiger partial charge in [-0.25, -0.2) is 19.2 Å². The van der Waals surface area contributed by atoms with Crippen molar-refractivity contribution in [2.45, 2.75) is 44.8 Å². The van der Waals surface area contributed by atoms with Crippen LogP contribution < -0.4 is 20.1 Å². The summed E-state index contributed by atoms with van der Waals surface area (Å²) in [5, 5.41) is 6.79. The van der Waals surface area contributed by atoms with Crippen LogP contribution in [0.1, 0.15) is 32.6 Å². The summed E-state index contributed by atoms with van der Waals surface area (Å²) in [5.41, 5.74) is 1.26. The highest BCUT2D eigenvalue weighted by Crippen LogP contribution is 2.37. The number of amides is 1. The first-order valence-corrected chi connectivity index (χ1v) is 11.5. The van der Waals surface area contributed by atoms with E-state index < -0.39 is 5.82 Å². The molecular formula is C24H26ClFN4O4. The molecule has 180 valence electrons. The van der Waals surface area contributed by atoms with Gasteiger partial charge in [-0.05, 0) is 56.9 Å². The SMILES string of the molecule is CCOC(=O)N[C@H]1CC[C@H](Oc2cc3c(Nc4ccc(F)c(Cl)c4)ncnc3cc2OC)CC1. The van der Waals surface area contributed by atoms with E-state index in [0.29, 0.717) is 35.1 Å². The third-order valence-electron chi connectivity index (χ3n) is 5.67. The number of benzene rings is 2. The molecule has 0 atom stereocenters. The van der Waals surface area contributed by atoms with E-state index >= 15 is 0 Å². The van der Waals surface area contributed by atoms with E-state index in [1.54, 1.807) is 26.2 Å². The second-order valence-corrected chi connectivity index (χ2v) is 8.36. The molecule has 0 bridgehead atoms. The van der Waals surface area contributed by atoms with Crippen LogP contribution in [-0.2, 0) is 4.74 Å². The number of methoxy groups -OCH3 is 1. The van der Waals surface area contributed by atoms with Crippen LogP contribution in [0.4, 0.5) is 20.7 Å². The predicted molar refractivity (Wildman–Crippen MR) is 128 cm³/mol. The van der Waals surface area contributed by atoms with Crippen LogP contribution in [0.25, 0.3) is 10.9 Å². The summed E-state index contributed by atoms with van der Waals surface area (Å²) >= 11 is 5.91. The first kappa shape index (κ1) is 23.8. The summed E-state index contributed by atoms with van der Waals surface area (Å²) < 4.78 is 30.3. The molecule has 1 aliphatic rings. The number of hydrogen-bond acceptors (Lipinski definition) is 7. The molecule has 4 rings (SSSR count). The van der Waals surface area contributed by atoms with Gasteiger partial charge in [0.1, 0.15) is 18.0 Å². The summed E-state index contributed by atoms with van der Waals surface area (Å²) in [6.45, 7) is 2.13. The molecule has 2 N–H and O–H groups in total. The molecule has 0 saturated heterocycles. The van der Waals surface area contributed by atoms with Crippen LogP contribution in [-0.4, -0.2) is 41.9 Å². The Morgan fingerprint density at radius 3 is 2.65 bits per heavy atom. The lowest BCUT2D eigenvalue weighted by molar-refractivity contribution is 0.120. The van der Waals surface area contributed by atoms with Crippen LogP contribution in [0.3, 0.4) is 0 Å². The normalized spacial score (nSPS) is 17.8. The molecule has 0 spiro atoms. The zero-order chi connectivity index (χ0) is 24.1. The number of nitrogens with one attached hydrogen (secondary N) is 2. The number of hydrogen-bond donors (Lipinski definition) is 2. The van der Waals surface area contributed by atoms with Crippen molar-refractivity contribution in [3.8, 4) is 11.5 Å². The Kier molecular flexibility index (Phi) is 7.52. The molecule has 2 aromatic carbocycles. The Morgan fingerprint density at radius 2 is 1.94 bits per heavy atom. The van der Waals surface area contributed by atoms with Crippen molar-refractivity contribution in [3.05, 3.63) is 47.5 Å². The van der Waals surface area contributed by atoms with Gasteiger partial charge in [0.25, 0.3) is 0 Å². The molecule has 8 nitrogen and oxygen atoms in total. The standard InChI is InChI=1S/C24H26ClFN4O4/c1-3-33-24(31)30-14-4-7-16(8-5-14)34-22-11-17-20(12-21(22)32-2)27-13-28-23(17)29-15-6-9-19(26)18(25)10-15/h6,9-14,16H,3-5,7-8H2,1-2H3,(H,30,31)(H,27,28,29)/t14-,16-. The molecule has 1 saturated carbocycles. The fraction of sp³-hybridized carbons (Fsp3) is 0.375. The average Bonchev–Trinajstić information content (AvgIpc) is 2.83. The van der Waals surface area contributed by atoms with Crippen LogP contribution in [0.5, 0.6) is 11.5 Å². The number of nitrogens with zero attached hydrogens (tertiary/aromatic N) is 2. The van der Waals surface area contributed by atoms with Crippen molar-refractivity contribution in [2.24, 2.45) is 0 Å². The van der Waals surface area contributed by atoms with Gasteiger partial charge < -0.3 is 24.8 Å². The molecule has 0 radical (unpaired) electrons. The number of carbonyl (C=O) groups excluding carboxylic acids is 1. The summed E-state index contributed by atoms with van der Waals surface area (Å²) in [7, 11) is 1.58. The van der Waals surface area contributed by atoms with Crippen LogP contribution in [0, 0.1) is 5.82 Å². The maximum atomic E-state index is 13.5. The number of ether oxygens (including phenoxy) is 3. The van der Waals surface area contributed by atoms with Crippen LogP contribution in [0.2, 0.25) is 5.02 Å². The Balaban J connectivity index is 1.52. The van der Waals surface area contributed by atoms with Gasteiger partial charge >= 0.3 is 6.09 Å². The van der Waals surface area contributed by atoms with Crippen molar-refractivity contribution in [3.63, 3.8) is 0 Å². The van der Waals surface area contributed by atoms with Gasteiger partial charge in [-0.1, -0.05) is 11.6 Å². The second-order valence-electron chi connectivity index (χ2n) is 7.95. The molecule has 1 aliphatic carbocycles. The topological polar surface area (TPSA) is 94.6 Å². The summed E-state index contributed by atoms with van der Waals surface area (Å²) in [5.74, 6) is 1.18. The molecule has 1 fully saturated rings. The minimum Gasteiger partial charge on any atom is -0.493 e. The van der Waals surface area contributed by atoms with Crippen molar-refractivity contribution >= 4 is 40.1 Å². The van der Waals surface area contributed by atoms with Gasteiger partial charge in [-0.2, -0.15) is 0 Å². The lowest BCUT2D eigenvalue weighted by Crippen LogP contribution is -2.40. The summed E-state index contributed by atoms with van der Waals surface area (Å²) in [6.07, 6.45) is 4.18. The van der Waals surface area contributed by atoms with Crippen molar-refractivity contribution in [1.29, 1.82) is 0 Å². The van der Waals surface area contributed by atoms with Crippen molar-refractivity contribution in [2.75, 3.05) is 19.0 Å². The first-order valence-electron chi connectivity index (χ1n) is 11.1. The Hall–Kier alpha value is -3.33. The molecule has 0 aliphatic heterocycles. The Morgan fingerprint density at radius 1 is 1.15 bits per heavy atom. The maximum absolute atomic E-state index is 13.5. The highest BCUT2D eigenvalue weighted by atomic mass is 35.5. The maximum Gasteiger partial charge on any atom is 0.407 e. The molecular weight excluding hydrogens is 463 g/mol. The monoisotopic (exact) mass is 488 g/mol. The summed E-state index contributed by atoms with van der Waals surface area (Å²) in [6, 6.07) is 8.07. The van der Waals surface area contributed by atoms with Gasteiger partial charge in [0.2, 0.25) is 0 Å². The molecule has 34 heavy (non-hydrogen) atoms. The molecule has 0 unspecified atom stereocenters. The van der Waals surface area contributed by atoms with E-state index in [2.05, 4.69) is 20.6 Å². The lowest BCUT2D eigenvalue weighted by atomic mass is 9.93. The fourth-order valence-electron chi connectivity index (χ4n) is 3.97. The van der Waals surface area contributed by atoms with Crippen molar-refractivity contribution in [1.82, 2.24) is 15.3 Å². The van der Waals surface area contributed by atoms with E-state index in [9.17, 15) is 9.18 Å². The minimum atomic E-state index is -0.493. The number of fused-ring (bicyclic) bond motifs is 1. The molecule has 3 aromatic rings.